The maximum Gasteiger partial charge on any atom is 0.261 e. The highest BCUT2D eigenvalue weighted by molar-refractivity contribution is 5.87. The van der Waals surface area contributed by atoms with Crippen LogP contribution in [0.1, 0.15) is 19.8 Å². The maximum atomic E-state index is 12.8. The van der Waals surface area contributed by atoms with Crippen molar-refractivity contribution in [2.24, 2.45) is 0 Å². The van der Waals surface area contributed by atoms with Crippen molar-refractivity contribution in [2.45, 2.75) is 25.9 Å². The van der Waals surface area contributed by atoms with E-state index >= 15 is 0 Å². The monoisotopic (exact) mass is 294 g/mol. The lowest BCUT2D eigenvalue weighted by Gasteiger charge is -2.17. The van der Waals surface area contributed by atoms with Crippen LogP contribution in [0.2, 0.25) is 0 Å². The molecular weight excluding hydrogens is 275 g/mol. The summed E-state index contributed by atoms with van der Waals surface area (Å²) in [7, 11) is 0. The van der Waals surface area contributed by atoms with Gasteiger partial charge in [-0.25, -0.2) is 4.39 Å². The second-order valence-corrected chi connectivity index (χ2v) is 5.02. The van der Waals surface area contributed by atoms with Crippen LogP contribution in [0.3, 0.4) is 0 Å². The summed E-state index contributed by atoms with van der Waals surface area (Å²) in [5.74, 6) is -0.401. The maximum absolute atomic E-state index is 12.8. The Morgan fingerprint density at radius 2 is 1.90 bits per heavy atom. The lowest BCUT2D eigenvalue weighted by atomic mass is 10.3. The molecule has 1 aromatic carbocycles. The van der Waals surface area contributed by atoms with E-state index in [4.69, 9.17) is 4.74 Å². The van der Waals surface area contributed by atoms with E-state index < -0.39 is 6.10 Å². The normalized spacial score (nSPS) is 15.6. The van der Waals surface area contributed by atoms with Crippen molar-refractivity contribution in [2.75, 3.05) is 19.6 Å². The average molecular weight is 294 g/mol. The number of carbonyl (C=O) groups excluding carboxylic acids is 2. The number of rotatable bonds is 5. The van der Waals surface area contributed by atoms with E-state index in [0.29, 0.717) is 5.75 Å². The number of likely N-dealkylation sites (tertiary alicyclic amines) is 1. The Labute approximate surface area is 123 Å². The number of hydrogen-bond acceptors (Lipinski definition) is 3. The summed E-state index contributed by atoms with van der Waals surface area (Å²) in [6.07, 6.45) is 1.29. The van der Waals surface area contributed by atoms with E-state index in [1.165, 1.54) is 24.3 Å². The van der Waals surface area contributed by atoms with Crippen LogP contribution in [-0.2, 0) is 9.59 Å². The van der Waals surface area contributed by atoms with Gasteiger partial charge in [-0.1, -0.05) is 0 Å². The molecule has 0 aromatic heterocycles. The lowest BCUT2D eigenvalue weighted by Crippen LogP contribution is -2.43. The molecule has 1 aliphatic heterocycles. The quantitative estimate of drug-likeness (QED) is 0.891. The SMILES string of the molecule is C[C@H](Oc1ccc(F)cc1)C(=O)NCC(=O)N1CCCC1. The van der Waals surface area contributed by atoms with Gasteiger partial charge < -0.3 is 15.0 Å². The highest BCUT2D eigenvalue weighted by Gasteiger charge is 2.20. The molecule has 1 heterocycles. The Bertz CT molecular complexity index is 498. The predicted octanol–water partition coefficient (Wildman–Crippen LogP) is 1.33. The van der Waals surface area contributed by atoms with Gasteiger partial charge in [0.05, 0.1) is 6.54 Å². The van der Waals surface area contributed by atoms with E-state index in [1.54, 1.807) is 11.8 Å². The summed E-state index contributed by atoms with van der Waals surface area (Å²) in [6.45, 7) is 3.08. The molecule has 1 fully saturated rings. The van der Waals surface area contributed by atoms with Crippen molar-refractivity contribution in [1.29, 1.82) is 0 Å². The minimum atomic E-state index is -0.748. The molecule has 0 saturated carbocycles. The molecule has 1 saturated heterocycles. The molecule has 1 N–H and O–H groups in total. The van der Waals surface area contributed by atoms with Crippen LogP contribution in [0.4, 0.5) is 4.39 Å². The molecule has 2 amide bonds. The molecule has 21 heavy (non-hydrogen) atoms. The highest BCUT2D eigenvalue weighted by Crippen LogP contribution is 2.13. The first-order valence-electron chi connectivity index (χ1n) is 7.04. The first-order valence-corrected chi connectivity index (χ1v) is 7.04. The van der Waals surface area contributed by atoms with Crippen molar-refractivity contribution >= 4 is 11.8 Å². The number of nitrogens with one attached hydrogen (secondary N) is 1. The molecule has 1 atom stereocenters. The molecule has 114 valence electrons. The molecule has 1 aliphatic rings. The van der Waals surface area contributed by atoms with Crippen LogP contribution < -0.4 is 10.1 Å². The van der Waals surface area contributed by atoms with Gasteiger partial charge in [0, 0.05) is 13.1 Å². The first-order chi connectivity index (χ1) is 10.1. The van der Waals surface area contributed by atoms with Gasteiger partial charge in [0.2, 0.25) is 5.91 Å². The Morgan fingerprint density at radius 1 is 1.29 bits per heavy atom. The van der Waals surface area contributed by atoms with Gasteiger partial charge in [-0.2, -0.15) is 0 Å². The molecule has 0 unspecified atom stereocenters. The fourth-order valence-corrected chi connectivity index (χ4v) is 2.16. The van der Waals surface area contributed by atoms with Gasteiger partial charge in [0.1, 0.15) is 11.6 Å². The topological polar surface area (TPSA) is 58.6 Å². The number of ether oxygens (including phenoxy) is 1. The molecule has 0 bridgehead atoms. The number of nitrogens with zero attached hydrogens (tertiary/aromatic N) is 1. The zero-order valence-electron chi connectivity index (χ0n) is 12.0. The fraction of sp³-hybridized carbons (Fsp3) is 0.467. The van der Waals surface area contributed by atoms with Crippen LogP contribution in [0, 0.1) is 5.82 Å². The van der Waals surface area contributed by atoms with Gasteiger partial charge >= 0.3 is 0 Å². The second kappa shape index (κ2) is 7.06. The summed E-state index contributed by atoms with van der Waals surface area (Å²) in [5.41, 5.74) is 0. The van der Waals surface area contributed by atoms with E-state index in [-0.39, 0.29) is 24.2 Å². The largest absolute Gasteiger partial charge is 0.481 e. The number of halogens is 1. The van der Waals surface area contributed by atoms with Crippen LogP contribution in [0.15, 0.2) is 24.3 Å². The summed E-state index contributed by atoms with van der Waals surface area (Å²) in [5, 5.41) is 2.56. The average Bonchev–Trinajstić information content (AvgIpc) is 3.01. The minimum Gasteiger partial charge on any atom is -0.481 e. The Balaban J connectivity index is 1.76. The van der Waals surface area contributed by atoms with E-state index in [1.807, 2.05) is 0 Å². The van der Waals surface area contributed by atoms with Crippen LogP contribution in [0.25, 0.3) is 0 Å². The molecule has 2 rings (SSSR count). The zero-order chi connectivity index (χ0) is 15.2. The number of hydrogen-bond donors (Lipinski definition) is 1. The summed E-state index contributed by atoms with van der Waals surface area (Å²) >= 11 is 0. The highest BCUT2D eigenvalue weighted by atomic mass is 19.1. The molecule has 0 spiro atoms. The number of amides is 2. The minimum absolute atomic E-state index is 0.0179. The molecular formula is C15H19FN2O3. The third kappa shape index (κ3) is 4.44. The van der Waals surface area contributed by atoms with Crippen LogP contribution in [-0.4, -0.2) is 42.5 Å². The smallest absolute Gasteiger partial charge is 0.261 e. The van der Waals surface area contributed by atoms with Gasteiger partial charge in [0.25, 0.3) is 5.91 Å². The number of benzene rings is 1. The van der Waals surface area contributed by atoms with Crippen molar-refractivity contribution in [1.82, 2.24) is 10.2 Å². The molecule has 1 aromatic rings. The van der Waals surface area contributed by atoms with Gasteiger partial charge in [-0.3, -0.25) is 9.59 Å². The zero-order valence-corrected chi connectivity index (χ0v) is 12.0. The van der Waals surface area contributed by atoms with Gasteiger partial charge in [-0.15, -0.1) is 0 Å². The Kier molecular flexibility index (Phi) is 5.14. The van der Waals surface area contributed by atoms with Crippen molar-refractivity contribution in [3.8, 4) is 5.75 Å². The van der Waals surface area contributed by atoms with E-state index in [9.17, 15) is 14.0 Å². The molecule has 5 nitrogen and oxygen atoms in total. The fourth-order valence-electron chi connectivity index (χ4n) is 2.16. The summed E-state index contributed by atoms with van der Waals surface area (Å²) in [6, 6.07) is 5.43. The van der Waals surface area contributed by atoms with Gasteiger partial charge in [-0.05, 0) is 44.0 Å². The van der Waals surface area contributed by atoms with Crippen molar-refractivity contribution in [3.05, 3.63) is 30.1 Å². The standard InChI is InChI=1S/C15H19FN2O3/c1-11(21-13-6-4-12(16)5-7-13)15(20)17-10-14(19)18-8-2-3-9-18/h4-7,11H,2-3,8-10H2,1H3,(H,17,20)/t11-/m0/s1. The predicted molar refractivity (Wildman–Crippen MR) is 75.3 cm³/mol. The summed E-state index contributed by atoms with van der Waals surface area (Å²) in [4.78, 5) is 25.4. The lowest BCUT2D eigenvalue weighted by molar-refractivity contribution is -0.134. The van der Waals surface area contributed by atoms with Crippen molar-refractivity contribution < 1.29 is 18.7 Å². The van der Waals surface area contributed by atoms with Crippen LogP contribution in [0.5, 0.6) is 5.75 Å². The second-order valence-electron chi connectivity index (χ2n) is 5.02. The van der Waals surface area contributed by atoms with Crippen molar-refractivity contribution in [3.63, 3.8) is 0 Å². The van der Waals surface area contributed by atoms with E-state index in [2.05, 4.69) is 5.32 Å². The Morgan fingerprint density at radius 3 is 2.52 bits per heavy atom. The Hall–Kier alpha value is -2.11. The summed E-state index contributed by atoms with van der Waals surface area (Å²) < 4.78 is 18.1. The van der Waals surface area contributed by atoms with Gasteiger partial charge in [0.15, 0.2) is 6.10 Å². The van der Waals surface area contributed by atoms with E-state index in [0.717, 1.165) is 25.9 Å². The molecule has 0 radical (unpaired) electrons. The third-order valence-corrected chi connectivity index (χ3v) is 3.37. The first kappa shape index (κ1) is 15.3. The molecule has 6 heteroatoms. The van der Waals surface area contributed by atoms with Crippen LogP contribution >= 0.6 is 0 Å². The third-order valence-electron chi connectivity index (χ3n) is 3.37. The molecule has 0 aliphatic carbocycles. The number of carbonyl (C=O) groups is 2.